The van der Waals surface area contributed by atoms with Crippen LogP contribution in [0.25, 0.3) is 0 Å². The summed E-state index contributed by atoms with van der Waals surface area (Å²) in [6.07, 6.45) is 2.32. The number of piperazine rings is 1. The van der Waals surface area contributed by atoms with Crippen molar-refractivity contribution < 1.29 is 23.5 Å². The van der Waals surface area contributed by atoms with E-state index in [1.54, 1.807) is 28.0 Å². The van der Waals surface area contributed by atoms with E-state index in [0.717, 1.165) is 16.9 Å². The van der Waals surface area contributed by atoms with E-state index < -0.39 is 5.97 Å². The number of carbonyl (C=O) groups excluding carboxylic acids is 3. The van der Waals surface area contributed by atoms with Crippen LogP contribution in [0.3, 0.4) is 0 Å². The molecule has 0 N–H and O–H groups in total. The van der Waals surface area contributed by atoms with Crippen LogP contribution in [0.15, 0.2) is 28.9 Å². The fourth-order valence-electron chi connectivity index (χ4n) is 2.98. The molecule has 3 heterocycles. The fourth-order valence-corrected chi connectivity index (χ4v) is 3.98. The maximum Gasteiger partial charge on any atom is 0.348 e. The van der Waals surface area contributed by atoms with Gasteiger partial charge in [0.15, 0.2) is 12.4 Å². The Morgan fingerprint density at radius 2 is 1.89 bits per heavy atom. The van der Waals surface area contributed by atoms with Gasteiger partial charge in [-0.25, -0.2) is 4.79 Å². The highest BCUT2D eigenvalue weighted by Gasteiger charge is 2.26. The van der Waals surface area contributed by atoms with E-state index in [1.165, 1.54) is 17.6 Å². The molecule has 0 bridgehead atoms. The number of ether oxygens (including phenoxy) is 1. The number of aryl methyl sites for hydroxylation is 2. The van der Waals surface area contributed by atoms with Crippen molar-refractivity contribution >= 4 is 29.1 Å². The quantitative estimate of drug-likeness (QED) is 0.732. The molecule has 0 aromatic carbocycles. The minimum atomic E-state index is -0.470. The number of nitrogens with zero attached hydrogens (tertiary/aromatic N) is 2. The molecule has 1 fully saturated rings. The largest absolute Gasteiger partial charge is 0.459 e. The van der Waals surface area contributed by atoms with E-state index in [9.17, 15) is 14.4 Å². The number of hydrogen-bond acceptors (Lipinski definition) is 6. The van der Waals surface area contributed by atoms with Crippen molar-refractivity contribution in [3.05, 3.63) is 45.5 Å². The zero-order chi connectivity index (χ0) is 19.4. The summed E-state index contributed by atoms with van der Waals surface area (Å²) in [7, 11) is 0. The summed E-state index contributed by atoms with van der Waals surface area (Å²) in [5.41, 5.74) is 1.07. The minimum absolute atomic E-state index is 0.182. The van der Waals surface area contributed by atoms with Crippen LogP contribution in [0.2, 0.25) is 0 Å². The molecule has 27 heavy (non-hydrogen) atoms. The molecule has 0 radical (unpaired) electrons. The first-order valence-corrected chi connectivity index (χ1v) is 9.68. The summed E-state index contributed by atoms with van der Waals surface area (Å²) in [6, 6.07) is 5.09. The predicted molar refractivity (Wildman–Crippen MR) is 99.9 cm³/mol. The van der Waals surface area contributed by atoms with E-state index in [1.807, 2.05) is 13.8 Å². The standard InChI is InChI=1S/C19H22N2O5S/c1-3-15-13(2)11-16(27-15)19(24)26-12-17(22)20-6-8-21(9-7-20)18(23)14-5-4-10-25-14/h4-5,10-11H,3,6-9,12H2,1-2H3. The summed E-state index contributed by atoms with van der Waals surface area (Å²) in [4.78, 5) is 41.6. The number of rotatable bonds is 5. The van der Waals surface area contributed by atoms with Crippen LogP contribution in [0.4, 0.5) is 0 Å². The van der Waals surface area contributed by atoms with E-state index in [0.29, 0.717) is 36.8 Å². The SMILES string of the molecule is CCc1sc(C(=O)OCC(=O)N2CCN(C(=O)c3ccco3)CC2)cc1C. The molecule has 7 nitrogen and oxygen atoms in total. The van der Waals surface area contributed by atoms with E-state index in [2.05, 4.69) is 0 Å². The molecule has 1 aliphatic rings. The molecule has 8 heteroatoms. The van der Waals surface area contributed by atoms with Gasteiger partial charge in [-0.05, 0) is 37.1 Å². The lowest BCUT2D eigenvalue weighted by molar-refractivity contribution is -0.136. The van der Waals surface area contributed by atoms with Crippen LogP contribution in [-0.4, -0.2) is 60.4 Å². The summed E-state index contributed by atoms with van der Waals surface area (Å²) >= 11 is 1.40. The number of carbonyl (C=O) groups is 3. The molecular formula is C19H22N2O5S. The van der Waals surface area contributed by atoms with E-state index >= 15 is 0 Å². The maximum atomic E-state index is 12.3. The molecule has 1 saturated heterocycles. The summed E-state index contributed by atoms with van der Waals surface area (Å²) < 4.78 is 10.3. The maximum absolute atomic E-state index is 12.3. The first-order chi connectivity index (χ1) is 13.0. The molecule has 144 valence electrons. The highest BCUT2D eigenvalue weighted by Crippen LogP contribution is 2.23. The fraction of sp³-hybridized carbons (Fsp3) is 0.421. The average molecular weight is 390 g/mol. The Labute approximate surface area is 161 Å². The van der Waals surface area contributed by atoms with Gasteiger partial charge < -0.3 is 19.0 Å². The van der Waals surface area contributed by atoms with Crippen LogP contribution in [0.1, 0.15) is 37.6 Å². The van der Waals surface area contributed by atoms with Crippen molar-refractivity contribution in [1.29, 1.82) is 0 Å². The molecule has 0 unspecified atom stereocenters. The molecule has 0 spiro atoms. The molecule has 2 amide bonds. The van der Waals surface area contributed by atoms with Crippen molar-refractivity contribution in [3.63, 3.8) is 0 Å². The second-order valence-electron chi connectivity index (χ2n) is 6.30. The predicted octanol–water partition coefficient (Wildman–Crippen LogP) is 2.35. The van der Waals surface area contributed by atoms with Crippen molar-refractivity contribution in [2.45, 2.75) is 20.3 Å². The lowest BCUT2D eigenvalue weighted by Gasteiger charge is -2.34. The van der Waals surface area contributed by atoms with Crippen LogP contribution in [0.5, 0.6) is 0 Å². The van der Waals surface area contributed by atoms with Gasteiger partial charge in [-0.15, -0.1) is 11.3 Å². The molecule has 0 aliphatic carbocycles. The first-order valence-electron chi connectivity index (χ1n) is 8.86. The number of esters is 1. The third-order valence-corrected chi connectivity index (χ3v) is 5.88. The molecule has 3 rings (SSSR count). The summed E-state index contributed by atoms with van der Waals surface area (Å²) in [5, 5.41) is 0. The topological polar surface area (TPSA) is 80.1 Å². The summed E-state index contributed by atoms with van der Waals surface area (Å²) in [5.74, 6) is -0.611. The van der Waals surface area contributed by atoms with Crippen molar-refractivity contribution in [3.8, 4) is 0 Å². The molecular weight excluding hydrogens is 368 g/mol. The van der Waals surface area contributed by atoms with Gasteiger partial charge in [0.1, 0.15) is 4.88 Å². The van der Waals surface area contributed by atoms with Gasteiger partial charge in [-0.2, -0.15) is 0 Å². The molecule has 0 saturated carbocycles. The zero-order valence-electron chi connectivity index (χ0n) is 15.4. The van der Waals surface area contributed by atoms with Gasteiger partial charge in [-0.3, -0.25) is 9.59 Å². The van der Waals surface area contributed by atoms with Gasteiger partial charge >= 0.3 is 5.97 Å². The van der Waals surface area contributed by atoms with Crippen LogP contribution >= 0.6 is 11.3 Å². The summed E-state index contributed by atoms with van der Waals surface area (Å²) in [6.45, 7) is 5.35. The van der Waals surface area contributed by atoms with Gasteiger partial charge in [0.2, 0.25) is 0 Å². The Balaban J connectivity index is 1.46. The number of hydrogen-bond donors (Lipinski definition) is 0. The molecule has 2 aromatic rings. The number of thiophene rings is 1. The second-order valence-corrected chi connectivity index (χ2v) is 7.43. The monoisotopic (exact) mass is 390 g/mol. The lowest BCUT2D eigenvalue weighted by atomic mass is 10.2. The highest BCUT2D eigenvalue weighted by atomic mass is 32.1. The molecule has 2 aromatic heterocycles. The normalized spacial score (nSPS) is 14.3. The van der Waals surface area contributed by atoms with Gasteiger partial charge in [0.05, 0.1) is 6.26 Å². The zero-order valence-corrected chi connectivity index (χ0v) is 16.2. The second kappa shape index (κ2) is 8.39. The van der Waals surface area contributed by atoms with E-state index in [-0.39, 0.29) is 18.4 Å². The van der Waals surface area contributed by atoms with E-state index in [4.69, 9.17) is 9.15 Å². The Hall–Kier alpha value is -2.61. The minimum Gasteiger partial charge on any atom is -0.459 e. The Morgan fingerprint density at radius 1 is 1.19 bits per heavy atom. The van der Waals surface area contributed by atoms with Crippen molar-refractivity contribution in [2.75, 3.05) is 32.8 Å². The van der Waals surface area contributed by atoms with Crippen LogP contribution in [-0.2, 0) is 16.0 Å². The van der Waals surface area contributed by atoms with Crippen molar-refractivity contribution in [2.24, 2.45) is 0 Å². The highest BCUT2D eigenvalue weighted by molar-refractivity contribution is 7.14. The Morgan fingerprint density at radius 3 is 2.48 bits per heavy atom. The van der Waals surface area contributed by atoms with Gasteiger partial charge in [0, 0.05) is 31.1 Å². The van der Waals surface area contributed by atoms with Gasteiger partial charge in [0.25, 0.3) is 11.8 Å². The Kier molecular flexibility index (Phi) is 5.95. The smallest absolute Gasteiger partial charge is 0.348 e. The Bertz CT molecular complexity index is 819. The average Bonchev–Trinajstić information content (AvgIpc) is 3.35. The number of amides is 2. The van der Waals surface area contributed by atoms with Crippen LogP contribution in [0, 0.1) is 6.92 Å². The van der Waals surface area contributed by atoms with Crippen molar-refractivity contribution in [1.82, 2.24) is 9.80 Å². The lowest BCUT2D eigenvalue weighted by Crippen LogP contribution is -2.51. The first kappa shape index (κ1) is 19.2. The van der Waals surface area contributed by atoms with Crippen LogP contribution < -0.4 is 0 Å². The molecule has 0 atom stereocenters. The third-order valence-electron chi connectivity index (χ3n) is 4.52. The van der Waals surface area contributed by atoms with Gasteiger partial charge in [-0.1, -0.05) is 6.92 Å². The molecule has 1 aliphatic heterocycles. The third kappa shape index (κ3) is 4.39. The number of furan rings is 1.